The largest absolute Gasteiger partial charge is 0.444 e. The first-order valence-electron chi connectivity index (χ1n) is 10.4. The van der Waals surface area contributed by atoms with Gasteiger partial charge >= 0.3 is 6.09 Å². The minimum atomic E-state index is -3.76. The number of rotatable bonds is 5. The van der Waals surface area contributed by atoms with Crippen LogP contribution in [0.5, 0.6) is 0 Å². The van der Waals surface area contributed by atoms with Crippen molar-refractivity contribution in [2.45, 2.75) is 36.9 Å². The lowest BCUT2D eigenvalue weighted by atomic mass is 10.0. The van der Waals surface area contributed by atoms with Crippen molar-refractivity contribution in [2.24, 2.45) is 0 Å². The molecule has 2 aromatic carbocycles. The summed E-state index contributed by atoms with van der Waals surface area (Å²) in [6.07, 6.45) is 1.08. The number of amides is 1. The number of aromatic nitrogens is 2. The van der Waals surface area contributed by atoms with Gasteiger partial charge in [-0.1, -0.05) is 48.5 Å². The minimum absolute atomic E-state index is 0.0348. The number of nitrogens with zero attached hydrogens (tertiary/aromatic N) is 4. The van der Waals surface area contributed by atoms with Crippen LogP contribution in [0.4, 0.5) is 10.5 Å². The summed E-state index contributed by atoms with van der Waals surface area (Å²) in [6.45, 7) is 0.877. The monoisotopic (exact) mass is 470 g/mol. The van der Waals surface area contributed by atoms with Crippen molar-refractivity contribution in [3.8, 4) is 0 Å². The topological polar surface area (TPSA) is 92.7 Å². The molecule has 1 fully saturated rings. The molecule has 10 heteroatoms. The van der Waals surface area contributed by atoms with Gasteiger partial charge in [0.2, 0.25) is 5.03 Å². The maximum absolute atomic E-state index is 13.3. The van der Waals surface area contributed by atoms with Gasteiger partial charge in [0.1, 0.15) is 6.61 Å². The Morgan fingerprint density at radius 3 is 2.50 bits per heavy atom. The molecule has 1 saturated heterocycles. The molecule has 0 spiro atoms. The van der Waals surface area contributed by atoms with Crippen LogP contribution in [0.2, 0.25) is 0 Å². The molecule has 166 valence electrons. The Kier molecular flexibility index (Phi) is 5.66. The van der Waals surface area contributed by atoms with Gasteiger partial charge in [0.15, 0.2) is 0 Å². The lowest BCUT2D eigenvalue weighted by molar-refractivity contribution is 0.136. The molecule has 2 aliphatic heterocycles. The number of benzene rings is 2. The third-order valence-corrected chi connectivity index (χ3v) is 8.45. The Morgan fingerprint density at radius 1 is 1.00 bits per heavy atom. The maximum atomic E-state index is 13.3. The number of hydrogen-bond acceptors (Lipinski definition) is 7. The SMILES string of the molecule is O=C1OCc2ccccc2N1C1CCN(S(=O)(=O)c2nsnc2Cc2ccccc2)CC1. The molecule has 1 aromatic heterocycles. The molecular weight excluding hydrogens is 448 g/mol. The maximum Gasteiger partial charge on any atom is 0.414 e. The van der Waals surface area contributed by atoms with E-state index in [1.807, 2.05) is 54.6 Å². The molecule has 2 aliphatic rings. The summed E-state index contributed by atoms with van der Waals surface area (Å²) < 4.78 is 41.8. The van der Waals surface area contributed by atoms with Crippen LogP contribution < -0.4 is 4.90 Å². The van der Waals surface area contributed by atoms with E-state index < -0.39 is 10.0 Å². The molecule has 0 unspecified atom stereocenters. The number of cyclic esters (lactones) is 1. The van der Waals surface area contributed by atoms with Crippen LogP contribution in [0.1, 0.15) is 29.7 Å². The zero-order chi connectivity index (χ0) is 22.1. The third kappa shape index (κ3) is 3.89. The van der Waals surface area contributed by atoms with Gasteiger partial charge in [-0.25, -0.2) is 13.2 Å². The first-order valence-corrected chi connectivity index (χ1v) is 12.6. The van der Waals surface area contributed by atoms with Gasteiger partial charge in [0.05, 0.1) is 23.1 Å². The van der Waals surface area contributed by atoms with E-state index in [2.05, 4.69) is 8.75 Å². The lowest BCUT2D eigenvalue weighted by Gasteiger charge is -2.39. The fourth-order valence-electron chi connectivity index (χ4n) is 4.28. The summed E-state index contributed by atoms with van der Waals surface area (Å²) in [6, 6.07) is 17.2. The Labute approximate surface area is 190 Å². The quantitative estimate of drug-likeness (QED) is 0.567. The van der Waals surface area contributed by atoms with E-state index in [0.29, 0.717) is 38.0 Å². The Hall–Kier alpha value is -2.82. The summed E-state index contributed by atoms with van der Waals surface area (Å²) in [5.74, 6) is 0. The molecule has 32 heavy (non-hydrogen) atoms. The van der Waals surface area contributed by atoms with Crippen molar-refractivity contribution >= 4 is 33.5 Å². The zero-order valence-corrected chi connectivity index (χ0v) is 18.9. The zero-order valence-electron chi connectivity index (χ0n) is 17.3. The first-order chi connectivity index (χ1) is 15.5. The van der Waals surface area contributed by atoms with Gasteiger partial charge in [-0.3, -0.25) is 4.90 Å². The predicted molar refractivity (Wildman–Crippen MR) is 120 cm³/mol. The molecule has 0 saturated carbocycles. The van der Waals surface area contributed by atoms with E-state index in [1.165, 1.54) is 4.31 Å². The highest BCUT2D eigenvalue weighted by Crippen LogP contribution is 2.33. The Bertz CT molecular complexity index is 1220. The van der Waals surface area contributed by atoms with Gasteiger partial charge in [-0.05, 0) is 24.5 Å². The van der Waals surface area contributed by atoms with Crippen LogP contribution in [0, 0.1) is 0 Å². The van der Waals surface area contributed by atoms with Crippen LogP contribution in [-0.2, 0) is 27.8 Å². The number of carbonyl (C=O) groups excluding carboxylic acids is 1. The number of sulfonamides is 1. The summed E-state index contributed by atoms with van der Waals surface area (Å²) >= 11 is 0.917. The van der Waals surface area contributed by atoms with Crippen molar-refractivity contribution < 1.29 is 17.9 Å². The fraction of sp³-hybridized carbons (Fsp3) is 0.318. The minimum Gasteiger partial charge on any atom is -0.444 e. The molecule has 8 nitrogen and oxygen atoms in total. The van der Waals surface area contributed by atoms with Gasteiger partial charge in [0.25, 0.3) is 10.0 Å². The second kappa shape index (κ2) is 8.61. The number of piperidine rings is 1. The number of ether oxygens (including phenoxy) is 1. The van der Waals surface area contributed by atoms with Gasteiger partial charge in [-0.15, -0.1) is 0 Å². The molecule has 0 atom stereocenters. The summed E-state index contributed by atoms with van der Waals surface area (Å²) in [7, 11) is -3.76. The van der Waals surface area contributed by atoms with Gasteiger partial charge < -0.3 is 4.74 Å². The van der Waals surface area contributed by atoms with Crippen LogP contribution >= 0.6 is 11.7 Å². The standard InChI is InChI=1S/C22H22N4O4S2/c27-22-26(20-9-5-4-8-17(20)15-30-22)18-10-12-25(13-11-18)32(28,29)21-19(23-31-24-21)14-16-6-2-1-3-7-16/h1-9,18H,10-15H2. The number of hydrogen-bond donors (Lipinski definition) is 0. The lowest BCUT2D eigenvalue weighted by Crippen LogP contribution is -2.50. The van der Waals surface area contributed by atoms with Crippen LogP contribution in [-0.4, -0.2) is 46.7 Å². The van der Waals surface area contributed by atoms with E-state index in [1.54, 1.807) is 4.90 Å². The van der Waals surface area contributed by atoms with Crippen molar-refractivity contribution in [3.05, 3.63) is 71.4 Å². The van der Waals surface area contributed by atoms with Crippen LogP contribution in [0.15, 0.2) is 59.6 Å². The smallest absolute Gasteiger partial charge is 0.414 e. The second-order valence-corrected chi connectivity index (χ2v) is 10.2. The Morgan fingerprint density at radius 2 is 1.72 bits per heavy atom. The highest BCUT2D eigenvalue weighted by atomic mass is 32.2. The van der Waals surface area contributed by atoms with Gasteiger partial charge in [0, 0.05) is 31.1 Å². The van der Waals surface area contributed by atoms with E-state index in [9.17, 15) is 13.2 Å². The van der Waals surface area contributed by atoms with E-state index in [4.69, 9.17) is 4.74 Å². The van der Waals surface area contributed by atoms with Crippen molar-refractivity contribution in [2.75, 3.05) is 18.0 Å². The summed E-state index contributed by atoms with van der Waals surface area (Å²) in [4.78, 5) is 14.2. The number of fused-ring (bicyclic) bond motifs is 1. The highest BCUT2D eigenvalue weighted by Gasteiger charge is 2.38. The third-order valence-electron chi connectivity index (χ3n) is 5.91. The molecule has 0 N–H and O–H groups in total. The molecular formula is C22H22N4O4S2. The number of carbonyl (C=O) groups is 1. The van der Waals surface area contributed by atoms with Crippen molar-refractivity contribution in [1.82, 2.24) is 13.1 Å². The Balaban J connectivity index is 1.32. The molecule has 3 heterocycles. The van der Waals surface area contributed by atoms with Crippen molar-refractivity contribution in [3.63, 3.8) is 0 Å². The van der Waals surface area contributed by atoms with E-state index >= 15 is 0 Å². The second-order valence-electron chi connectivity index (χ2n) is 7.87. The molecule has 3 aromatic rings. The molecule has 1 amide bonds. The van der Waals surface area contributed by atoms with Gasteiger partial charge in [-0.2, -0.15) is 13.1 Å². The average molecular weight is 471 g/mol. The molecule has 0 aliphatic carbocycles. The number of para-hydroxylation sites is 1. The van der Waals surface area contributed by atoms with E-state index in [-0.39, 0.29) is 23.8 Å². The normalized spacial score (nSPS) is 17.8. The summed E-state index contributed by atoms with van der Waals surface area (Å²) in [5, 5.41) is 0.0348. The van der Waals surface area contributed by atoms with Crippen molar-refractivity contribution in [1.29, 1.82) is 0 Å². The average Bonchev–Trinajstić information content (AvgIpc) is 3.29. The molecule has 5 rings (SSSR count). The fourth-order valence-corrected chi connectivity index (χ4v) is 6.63. The first kappa shape index (κ1) is 21.0. The predicted octanol–water partition coefficient (Wildman–Crippen LogP) is 3.44. The van der Waals surface area contributed by atoms with Crippen LogP contribution in [0.3, 0.4) is 0 Å². The molecule has 0 bridgehead atoms. The highest BCUT2D eigenvalue weighted by molar-refractivity contribution is 7.89. The molecule has 0 radical (unpaired) electrons. The van der Waals surface area contributed by atoms with Crippen LogP contribution in [0.25, 0.3) is 0 Å². The van der Waals surface area contributed by atoms with E-state index in [0.717, 1.165) is 28.5 Å². The number of anilines is 1. The summed E-state index contributed by atoms with van der Waals surface area (Å²) in [5.41, 5.74) is 3.26.